The van der Waals surface area contributed by atoms with Crippen molar-refractivity contribution in [2.75, 3.05) is 29.5 Å². The van der Waals surface area contributed by atoms with Crippen LogP contribution in [0.3, 0.4) is 0 Å². The molecule has 0 radical (unpaired) electrons. The summed E-state index contributed by atoms with van der Waals surface area (Å²) in [5.41, 5.74) is 1.53. The first kappa shape index (κ1) is 13.0. The molecule has 2 saturated heterocycles. The second kappa shape index (κ2) is 4.96. The Labute approximate surface area is 130 Å². The van der Waals surface area contributed by atoms with E-state index in [1.807, 2.05) is 0 Å². The Bertz CT molecular complexity index is 630. The zero-order valence-corrected chi connectivity index (χ0v) is 13.2. The molecule has 4 heterocycles. The summed E-state index contributed by atoms with van der Waals surface area (Å²) in [4.78, 5) is 18.2. The number of thioether (sulfide) groups is 2. The van der Waals surface area contributed by atoms with Crippen LogP contribution in [0.1, 0.15) is 12.8 Å². The topological polar surface area (TPSA) is 57.7 Å². The van der Waals surface area contributed by atoms with Crippen molar-refractivity contribution in [3.8, 4) is 0 Å². The molecule has 20 heavy (non-hydrogen) atoms. The van der Waals surface area contributed by atoms with Crippen LogP contribution in [0, 0.1) is 0 Å². The Kier molecular flexibility index (Phi) is 3.23. The molecule has 0 aliphatic carbocycles. The van der Waals surface area contributed by atoms with Crippen molar-refractivity contribution in [2.24, 2.45) is 0 Å². The lowest BCUT2D eigenvalue weighted by Crippen LogP contribution is -2.40. The standard InChI is InChI=1S/C12H14ClN5S2/c13-11-16-9-8(14-7-15-9)10(17-11)18-3-1-12(2-4-18)19-5-6-20-12/h7H,1-6H2,(H,14,15,16,17). The summed E-state index contributed by atoms with van der Waals surface area (Å²) in [6.45, 7) is 2.03. The number of rotatable bonds is 1. The van der Waals surface area contributed by atoms with E-state index in [2.05, 4.69) is 48.4 Å². The Morgan fingerprint density at radius 2 is 1.95 bits per heavy atom. The van der Waals surface area contributed by atoms with E-state index in [1.54, 1.807) is 6.33 Å². The number of hydrogen-bond donors (Lipinski definition) is 1. The number of nitrogens with one attached hydrogen (secondary N) is 1. The number of nitrogens with zero attached hydrogens (tertiary/aromatic N) is 4. The number of aromatic amines is 1. The molecule has 2 fully saturated rings. The summed E-state index contributed by atoms with van der Waals surface area (Å²) in [6.07, 6.45) is 4.03. The molecule has 0 bridgehead atoms. The normalized spacial score (nSPS) is 21.9. The van der Waals surface area contributed by atoms with Gasteiger partial charge in [0.15, 0.2) is 11.5 Å². The van der Waals surface area contributed by atoms with Gasteiger partial charge in [0.25, 0.3) is 0 Å². The first-order valence-electron chi connectivity index (χ1n) is 6.65. The lowest BCUT2D eigenvalue weighted by molar-refractivity contribution is 0.561. The van der Waals surface area contributed by atoms with E-state index < -0.39 is 0 Å². The molecule has 2 aliphatic heterocycles. The van der Waals surface area contributed by atoms with Crippen molar-refractivity contribution in [2.45, 2.75) is 16.9 Å². The molecule has 2 aromatic heterocycles. The van der Waals surface area contributed by atoms with Crippen molar-refractivity contribution in [3.05, 3.63) is 11.6 Å². The molecule has 0 amide bonds. The van der Waals surface area contributed by atoms with Crippen LogP contribution in [0.5, 0.6) is 0 Å². The fourth-order valence-electron chi connectivity index (χ4n) is 2.87. The molecule has 8 heteroatoms. The van der Waals surface area contributed by atoms with Gasteiger partial charge in [-0.05, 0) is 24.4 Å². The van der Waals surface area contributed by atoms with E-state index in [4.69, 9.17) is 11.6 Å². The molecule has 4 rings (SSSR count). The lowest BCUT2D eigenvalue weighted by Gasteiger charge is -2.38. The van der Waals surface area contributed by atoms with E-state index in [-0.39, 0.29) is 5.28 Å². The molecule has 0 saturated carbocycles. The average Bonchev–Trinajstić information content (AvgIpc) is 3.08. The molecule has 1 N–H and O–H groups in total. The van der Waals surface area contributed by atoms with Gasteiger partial charge in [-0.25, -0.2) is 4.98 Å². The monoisotopic (exact) mass is 327 g/mol. The number of aromatic nitrogens is 4. The number of imidazole rings is 1. The lowest BCUT2D eigenvalue weighted by atomic mass is 10.1. The van der Waals surface area contributed by atoms with Crippen molar-refractivity contribution in [1.82, 2.24) is 19.9 Å². The molecule has 1 spiro atoms. The quantitative estimate of drug-likeness (QED) is 0.813. The Hall–Kier alpha value is -0.660. The van der Waals surface area contributed by atoms with E-state index in [0.29, 0.717) is 9.73 Å². The minimum Gasteiger partial charge on any atom is -0.355 e. The number of halogens is 1. The number of piperidine rings is 1. The minimum atomic E-state index is 0.268. The Morgan fingerprint density at radius 3 is 2.70 bits per heavy atom. The van der Waals surface area contributed by atoms with Crippen LogP contribution in [0.25, 0.3) is 11.2 Å². The first-order valence-corrected chi connectivity index (χ1v) is 9.00. The van der Waals surface area contributed by atoms with Crippen molar-refractivity contribution in [1.29, 1.82) is 0 Å². The van der Waals surface area contributed by atoms with Crippen LogP contribution in [-0.2, 0) is 0 Å². The van der Waals surface area contributed by atoms with Gasteiger partial charge in [-0.1, -0.05) is 0 Å². The van der Waals surface area contributed by atoms with Gasteiger partial charge in [0, 0.05) is 24.6 Å². The maximum absolute atomic E-state index is 6.01. The number of hydrogen-bond acceptors (Lipinski definition) is 6. The molecule has 106 valence electrons. The van der Waals surface area contributed by atoms with Crippen molar-refractivity contribution < 1.29 is 0 Å². The second-order valence-corrected chi connectivity index (χ2v) is 8.57. The van der Waals surface area contributed by atoms with Crippen LogP contribution in [0.2, 0.25) is 5.28 Å². The zero-order chi connectivity index (χ0) is 13.6. The number of anilines is 1. The Balaban J connectivity index is 1.62. The van der Waals surface area contributed by atoms with Gasteiger partial charge in [0.05, 0.1) is 10.4 Å². The van der Waals surface area contributed by atoms with E-state index in [0.717, 1.165) is 24.4 Å². The van der Waals surface area contributed by atoms with Gasteiger partial charge >= 0.3 is 0 Å². The van der Waals surface area contributed by atoms with Gasteiger partial charge in [-0.15, -0.1) is 23.5 Å². The predicted molar refractivity (Wildman–Crippen MR) is 85.8 cm³/mol. The third-order valence-corrected chi connectivity index (χ3v) is 7.70. The van der Waals surface area contributed by atoms with Crippen LogP contribution in [0.15, 0.2) is 6.33 Å². The van der Waals surface area contributed by atoms with Gasteiger partial charge in [-0.2, -0.15) is 9.97 Å². The van der Waals surface area contributed by atoms with Crippen molar-refractivity contribution in [3.63, 3.8) is 0 Å². The highest BCUT2D eigenvalue weighted by Gasteiger charge is 2.39. The van der Waals surface area contributed by atoms with Gasteiger partial charge in [0.2, 0.25) is 5.28 Å². The highest BCUT2D eigenvalue weighted by molar-refractivity contribution is 8.21. The Morgan fingerprint density at radius 1 is 1.20 bits per heavy atom. The van der Waals surface area contributed by atoms with E-state index in [9.17, 15) is 0 Å². The highest BCUT2D eigenvalue weighted by Crippen LogP contribution is 2.51. The van der Waals surface area contributed by atoms with Gasteiger partial charge in [-0.3, -0.25) is 0 Å². The number of H-pyrrole nitrogens is 1. The molecular formula is C12H14ClN5S2. The third kappa shape index (κ3) is 2.16. The summed E-state index contributed by atoms with van der Waals surface area (Å²) in [7, 11) is 0. The molecule has 2 aliphatic rings. The first-order chi connectivity index (χ1) is 9.76. The predicted octanol–water partition coefficient (Wildman–Crippen LogP) is 2.78. The maximum atomic E-state index is 6.01. The summed E-state index contributed by atoms with van der Waals surface area (Å²) >= 11 is 10.3. The van der Waals surface area contributed by atoms with E-state index >= 15 is 0 Å². The zero-order valence-electron chi connectivity index (χ0n) is 10.8. The molecule has 2 aromatic rings. The minimum absolute atomic E-state index is 0.268. The molecule has 0 unspecified atom stereocenters. The average molecular weight is 328 g/mol. The summed E-state index contributed by atoms with van der Waals surface area (Å²) < 4.78 is 0.445. The SMILES string of the molecule is Clc1nc(N2CCC3(CC2)SCCS3)c2[nH]cnc2n1. The van der Waals surface area contributed by atoms with Crippen LogP contribution >= 0.6 is 35.1 Å². The van der Waals surface area contributed by atoms with Gasteiger partial charge in [0.1, 0.15) is 5.52 Å². The second-order valence-electron chi connectivity index (χ2n) is 5.01. The molecular weight excluding hydrogens is 314 g/mol. The third-order valence-electron chi connectivity index (χ3n) is 3.88. The molecule has 0 aromatic carbocycles. The molecule has 5 nitrogen and oxygen atoms in total. The maximum Gasteiger partial charge on any atom is 0.226 e. The van der Waals surface area contributed by atoms with E-state index in [1.165, 1.54) is 24.3 Å². The molecule has 0 atom stereocenters. The van der Waals surface area contributed by atoms with Gasteiger partial charge < -0.3 is 9.88 Å². The fraction of sp³-hybridized carbons (Fsp3) is 0.583. The van der Waals surface area contributed by atoms with Crippen LogP contribution in [-0.4, -0.2) is 48.6 Å². The summed E-state index contributed by atoms with van der Waals surface area (Å²) in [5.74, 6) is 3.46. The van der Waals surface area contributed by atoms with Crippen LogP contribution < -0.4 is 4.90 Å². The highest BCUT2D eigenvalue weighted by atomic mass is 35.5. The summed E-state index contributed by atoms with van der Waals surface area (Å²) in [6, 6.07) is 0. The summed E-state index contributed by atoms with van der Waals surface area (Å²) in [5, 5.41) is 0.268. The largest absolute Gasteiger partial charge is 0.355 e. The number of fused-ring (bicyclic) bond motifs is 1. The van der Waals surface area contributed by atoms with Crippen molar-refractivity contribution >= 4 is 52.1 Å². The van der Waals surface area contributed by atoms with Crippen LogP contribution in [0.4, 0.5) is 5.82 Å². The smallest absolute Gasteiger partial charge is 0.226 e. The fourth-order valence-corrected chi connectivity index (χ4v) is 6.21.